The van der Waals surface area contributed by atoms with E-state index in [0.29, 0.717) is 18.2 Å². The van der Waals surface area contributed by atoms with Crippen LogP contribution in [0.5, 0.6) is 5.75 Å². The van der Waals surface area contributed by atoms with Crippen molar-refractivity contribution in [1.29, 1.82) is 5.26 Å². The fourth-order valence-corrected chi connectivity index (χ4v) is 3.75. The fraction of sp³-hybridized carbons (Fsp3) is 0.222. The van der Waals surface area contributed by atoms with Crippen molar-refractivity contribution in [2.45, 2.75) is 23.5 Å². The Labute approximate surface area is 185 Å². The molecule has 0 spiro atoms. The molecular weight excluding hydrogens is 540 g/mol. The van der Waals surface area contributed by atoms with Gasteiger partial charge in [0.25, 0.3) is 5.91 Å². The van der Waals surface area contributed by atoms with Gasteiger partial charge >= 0.3 is 16.4 Å². The molecule has 176 valence electrons. The van der Waals surface area contributed by atoms with Crippen molar-refractivity contribution < 1.29 is 42.1 Å². The number of ether oxygens (including phenoxy) is 1. The first-order valence-corrected chi connectivity index (χ1v) is 11.1. The maximum absolute atomic E-state index is 13.3. The van der Waals surface area contributed by atoms with E-state index in [-0.39, 0.29) is 10.5 Å². The predicted octanol–water partition coefficient (Wildman–Crippen LogP) is 7.22. The second kappa shape index (κ2) is 7.51. The van der Waals surface area contributed by atoms with E-state index in [1.807, 2.05) is 5.32 Å². The Hall–Kier alpha value is -2.53. The Kier molecular flexibility index (Phi) is 6.04. The van der Waals surface area contributed by atoms with Crippen LogP contribution in [0.15, 0.2) is 51.8 Å². The summed E-state index contributed by atoms with van der Waals surface area (Å²) >= 11 is 2.87. The largest absolute Gasteiger partial charge is 0.489 e. The van der Waals surface area contributed by atoms with Gasteiger partial charge in [-0.1, -0.05) is 47.5 Å². The molecule has 2 aromatic carbocycles. The number of nitrogens with one attached hydrogen (secondary N) is 1. The lowest BCUT2D eigenvalue weighted by Crippen LogP contribution is -2.49. The van der Waals surface area contributed by atoms with Gasteiger partial charge in [0.1, 0.15) is 17.3 Å². The summed E-state index contributed by atoms with van der Waals surface area (Å²) in [6.07, 6.45) is -4.84. The first kappa shape index (κ1) is 25.7. The summed E-state index contributed by atoms with van der Waals surface area (Å²) in [4.78, 5) is 9.88. The highest BCUT2D eigenvalue weighted by molar-refractivity contribution is 9.10. The quantitative estimate of drug-likeness (QED) is 0.385. The summed E-state index contributed by atoms with van der Waals surface area (Å²) in [5.41, 5.74) is -4.84. The van der Waals surface area contributed by atoms with Crippen molar-refractivity contribution in [2.24, 2.45) is 0 Å². The maximum Gasteiger partial charge on any atom is 0.420 e. The highest BCUT2D eigenvalue weighted by Gasteiger charge is 2.67. The lowest BCUT2D eigenvalue weighted by Gasteiger charge is -2.41. The van der Waals surface area contributed by atoms with Crippen LogP contribution in [0.3, 0.4) is 0 Å². The molecule has 0 aliphatic carbocycles. The van der Waals surface area contributed by atoms with E-state index in [9.17, 15) is 42.7 Å². The summed E-state index contributed by atoms with van der Waals surface area (Å²) < 4.78 is 111. The van der Waals surface area contributed by atoms with Crippen molar-refractivity contribution in [2.75, 3.05) is 6.61 Å². The van der Waals surface area contributed by atoms with Gasteiger partial charge in [-0.2, -0.15) is 18.4 Å². The molecule has 0 heterocycles. The van der Waals surface area contributed by atoms with Gasteiger partial charge in [0.05, 0.1) is 17.2 Å². The van der Waals surface area contributed by atoms with Crippen molar-refractivity contribution >= 4 is 32.1 Å². The number of carbonyl (C=O) groups is 1. The molecule has 0 saturated carbocycles. The third-order valence-electron chi connectivity index (χ3n) is 3.95. The van der Waals surface area contributed by atoms with Crippen LogP contribution in [-0.2, 0) is 6.18 Å². The van der Waals surface area contributed by atoms with Crippen molar-refractivity contribution in [3.8, 4) is 11.8 Å². The van der Waals surface area contributed by atoms with Gasteiger partial charge in [-0.25, -0.2) is 0 Å². The predicted molar refractivity (Wildman–Crippen MR) is 104 cm³/mol. The normalized spacial score (nSPS) is 16.2. The summed E-state index contributed by atoms with van der Waals surface area (Å²) in [6.45, 7) is 0.0118. The van der Waals surface area contributed by atoms with Crippen molar-refractivity contribution in [3.05, 3.63) is 58.1 Å². The van der Waals surface area contributed by atoms with E-state index < -0.39 is 56.2 Å². The molecule has 14 heteroatoms. The average Bonchev–Trinajstić information content (AvgIpc) is 2.64. The highest BCUT2D eigenvalue weighted by Crippen LogP contribution is 3.02. The van der Waals surface area contributed by atoms with Crippen molar-refractivity contribution in [1.82, 2.24) is 5.32 Å². The van der Waals surface area contributed by atoms with Crippen LogP contribution in [0.2, 0.25) is 0 Å². The molecule has 2 rings (SSSR count). The van der Waals surface area contributed by atoms with Crippen LogP contribution in [-0.4, -0.2) is 18.1 Å². The molecular formula is C18H13BrF8N2O2S. The van der Waals surface area contributed by atoms with Gasteiger partial charge in [0, 0.05) is 4.47 Å². The molecule has 0 aliphatic rings. The Balaban J connectivity index is 2.33. The van der Waals surface area contributed by atoms with E-state index in [4.69, 9.17) is 4.74 Å². The summed E-state index contributed by atoms with van der Waals surface area (Å²) in [5.74, 6) is -2.41. The topological polar surface area (TPSA) is 62.1 Å². The number of alkyl halides is 3. The monoisotopic (exact) mass is 552 g/mol. The van der Waals surface area contributed by atoms with E-state index >= 15 is 0 Å². The van der Waals surface area contributed by atoms with E-state index in [0.717, 1.165) is 19.1 Å². The minimum atomic E-state index is -10.3. The summed E-state index contributed by atoms with van der Waals surface area (Å²) in [6, 6.07) is 6.38. The van der Waals surface area contributed by atoms with Gasteiger partial charge in [0.2, 0.25) is 0 Å². The number of hydrogen-bond donors (Lipinski definition) is 1. The zero-order valence-electron chi connectivity index (χ0n) is 15.8. The molecule has 1 unspecified atom stereocenters. The second-order valence-corrected chi connectivity index (χ2v) is 10.1. The summed E-state index contributed by atoms with van der Waals surface area (Å²) in [5, 5.41) is 11.1. The first-order chi connectivity index (χ1) is 14.3. The molecule has 1 N–H and O–H groups in total. The van der Waals surface area contributed by atoms with Gasteiger partial charge in [0.15, 0.2) is 5.54 Å². The number of nitrogens with zero attached hydrogens (tertiary/aromatic N) is 1. The third-order valence-corrected chi connectivity index (χ3v) is 5.63. The molecule has 0 bridgehead atoms. The molecule has 2 aromatic rings. The molecule has 0 saturated heterocycles. The average molecular weight is 553 g/mol. The lowest BCUT2D eigenvalue weighted by atomic mass is 10.0. The number of benzene rings is 2. The van der Waals surface area contributed by atoms with Gasteiger partial charge in [-0.3, -0.25) is 4.79 Å². The standard InChI is InChI=1S/C18H13BrF8N2O2S/c1-17(9-28,10-31-14-7-6-11(19)8-13(14)18(20,21)22)29-16(30)12-4-2-3-5-15(12)32(23,24,25,26)27/h2-8H,10H2,1H3,(H,29,30). The third kappa shape index (κ3) is 6.26. The van der Waals surface area contributed by atoms with E-state index in [1.54, 1.807) is 0 Å². The molecule has 0 fully saturated rings. The fourth-order valence-electron chi connectivity index (χ4n) is 2.48. The number of amides is 1. The number of halogens is 9. The lowest BCUT2D eigenvalue weighted by molar-refractivity contribution is -0.139. The van der Waals surface area contributed by atoms with Gasteiger partial charge in [-0.05, 0) is 37.3 Å². The number of nitriles is 1. The zero-order chi connectivity index (χ0) is 24.7. The first-order valence-electron chi connectivity index (χ1n) is 8.32. The Bertz CT molecular complexity index is 1100. The molecule has 0 radical (unpaired) electrons. The zero-order valence-corrected chi connectivity index (χ0v) is 18.2. The van der Waals surface area contributed by atoms with Crippen molar-refractivity contribution in [3.63, 3.8) is 0 Å². The van der Waals surface area contributed by atoms with Crippen LogP contribution in [0.1, 0.15) is 22.8 Å². The van der Waals surface area contributed by atoms with Crippen LogP contribution < -0.4 is 10.1 Å². The van der Waals surface area contributed by atoms with Gasteiger partial charge < -0.3 is 10.1 Å². The number of carbonyl (C=O) groups excluding carboxylic acids is 1. The molecule has 4 nitrogen and oxygen atoms in total. The smallest absolute Gasteiger partial charge is 0.420 e. The minimum absolute atomic E-state index is 0.0219. The highest BCUT2D eigenvalue weighted by atomic mass is 79.9. The second-order valence-electron chi connectivity index (χ2n) is 6.79. The molecule has 0 aromatic heterocycles. The minimum Gasteiger partial charge on any atom is -0.489 e. The van der Waals surface area contributed by atoms with Crippen LogP contribution >= 0.6 is 26.2 Å². The van der Waals surface area contributed by atoms with Crippen LogP contribution in [0, 0.1) is 11.3 Å². The number of hydrogen-bond acceptors (Lipinski definition) is 3. The van der Waals surface area contributed by atoms with Gasteiger partial charge in [-0.15, -0.1) is 0 Å². The Morgan fingerprint density at radius 2 is 1.72 bits per heavy atom. The molecule has 32 heavy (non-hydrogen) atoms. The molecule has 1 amide bonds. The SMILES string of the molecule is CC(C#N)(COc1ccc(Br)cc1C(F)(F)F)NC(=O)c1ccccc1S(F)(F)(F)(F)F. The van der Waals surface area contributed by atoms with Crippen LogP contribution in [0.4, 0.5) is 32.6 Å². The summed E-state index contributed by atoms with van der Waals surface area (Å²) in [7, 11) is -10.3. The van der Waals surface area contributed by atoms with E-state index in [2.05, 4.69) is 15.9 Å². The number of rotatable bonds is 6. The Morgan fingerprint density at radius 1 is 1.12 bits per heavy atom. The Morgan fingerprint density at radius 3 is 2.25 bits per heavy atom. The molecule has 1 atom stereocenters. The maximum atomic E-state index is 13.3. The van der Waals surface area contributed by atoms with E-state index in [1.165, 1.54) is 12.1 Å². The van der Waals surface area contributed by atoms with Crippen LogP contribution in [0.25, 0.3) is 0 Å². The molecule has 0 aliphatic heterocycles.